The van der Waals surface area contributed by atoms with Crippen LogP contribution in [0.5, 0.6) is 5.75 Å². The van der Waals surface area contributed by atoms with Crippen molar-refractivity contribution in [1.82, 2.24) is 5.32 Å². The molecule has 0 radical (unpaired) electrons. The fraction of sp³-hybridized carbons (Fsp3) is 0.455. The first-order valence-electron chi connectivity index (χ1n) is 5.84. The summed E-state index contributed by atoms with van der Waals surface area (Å²) >= 11 is 0. The molecule has 1 saturated heterocycles. The maximum absolute atomic E-state index is 12.1. The summed E-state index contributed by atoms with van der Waals surface area (Å²) < 4.78 is 51.2. The summed E-state index contributed by atoms with van der Waals surface area (Å²) in [5, 5.41) is 3.08. The fourth-order valence-corrected chi connectivity index (χ4v) is 1.70. The molecule has 0 spiro atoms. The fourth-order valence-electron chi connectivity index (χ4n) is 1.70. The average molecular weight is 275 g/mol. The Labute approximate surface area is 109 Å². The van der Waals surface area contributed by atoms with E-state index in [0.29, 0.717) is 31.8 Å². The number of hydrogen-bond acceptors (Lipinski definition) is 4. The van der Waals surface area contributed by atoms with Crippen LogP contribution in [0, 0.1) is 0 Å². The van der Waals surface area contributed by atoms with Gasteiger partial charge in [-0.15, -0.1) is 13.2 Å². The topological polar surface area (TPSA) is 39.7 Å². The molecule has 0 amide bonds. The summed E-state index contributed by atoms with van der Waals surface area (Å²) in [4.78, 5) is 0. The number of rotatable bonds is 2. The summed E-state index contributed by atoms with van der Waals surface area (Å²) in [6.45, 7) is 2.21. The first-order valence-corrected chi connectivity index (χ1v) is 5.84. The lowest BCUT2D eigenvalue weighted by molar-refractivity contribution is -0.274. The lowest BCUT2D eigenvalue weighted by Crippen LogP contribution is -2.43. The van der Waals surface area contributed by atoms with Gasteiger partial charge in [-0.05, 0) is 17.6 Å². The van der Waals surface area contributed by atoms with Crippen molar-refractivity contribution in [3.63, 3.8) is 0 Å². The zero-order chi connectivity index (χ0) is 13.7. The molecule has 0 aliphatic carbocycles. The van der Waals surface area contributed by atoms with E-state index in [1.165, 1.54) is 18.2 Å². The summed E-state index contributed by atoms with van der Waals surface area (Å²) in [6.07, 6.45) is -4.70. The molecular formula is C11H13BF3NO3. The second-order valence-corrected chi connectivity index (χ2v) is 3.94. The van der Waals surface area contributed by atoms with Gasteiger partial charge in [-0.2, -0.15) is 0 Å². The Bertz CT molecular complexity index is 408. The van der Waals surface area contributed by atoms with Crippen LogP contribution in [0.2, 0.25) is 0 Å². The Kier molecular flexibility index (Phi) is 4.68. The van der Waals surface area contributed by atoms with Crippen molar-refractivity contribution in [2.75, 3.05) is 26.3 Å². The Hall–Kier alpha value is -1.25. The molecule has 4 nitrogen and oxygen atoms in total. The largest absolute Gasteiger partial charge is 0.573 e. The maximum atomic E-state index is 12.1. The number of ether oxygens (including phenoxy) is 1. The van der Waals surface area contributed by atoms with Gasteiger partial charge in [0.05, 0.1) is 0 Å². The summed E-state index contributed by atoms with van der Waals surface area (Å²) in [6, 6.07) is 5.62. The van der Waals surface area contributed by atoms with E-state index >= 15 is 0 Å². The zero-order valence-corrected chi connectivity index (χ0v) is 10.1. The van der Waals surface area contributed by atoms with Crippen LogP contribution in [0.25, 0.3) is 0 Å². The molecule has 1 aliphatic heterocycles. The number of alkyl halides is 3. The van der Waals surface area contributed by atoms with Crippen LogP contribution in [0.1, 0.15) is 0 Å². The Morgan fingerprint density at radius 2 is 1.84 bits per heavy atom. The van der Waals surface area contributed by atoms with Crippen LogP contribution in [0.4, 0.5) is 13.2 Å². The van der Waals surface area contributed by atoms with Gasteiger partial charge in [0.25, 0.3) is 0 Å². The van der Waals surface area contributed by atoms with Gasteiger partial charge < -0.3 is 19.4 Å². The van der Waals surface area contributed by atoms with E-state index in [1.807, 2.05) is 0 Å². The third kappa shape index (κ3) is 4.74. The predicted octanol–water partition coefficient (Wildman–Crippen LogP) is 0.917. The molecule has 2 rings (SSSR count). The van der Waals surface area contributed by atoms with Crippen LogP contribution < -0.4 is 15.5 Å². The van der Waals surface area contributed by atoms with Gasteiger partial charge in [-0.25, -0.2) is 0 Å². The second kappa shape index (κ2) is 6.27. The molecule has 1 aromatic rings. The minimum absolute atomic E-state index is 0.280. The average Bonchev–Trinajstić information content (AvgIpc) is 2.26. The molecule has 1 aromatic carbocycles. The van der Waals surface area contributed by atoms with Crippen molar-refractivity contribution in [3.05, 3.63) is 24.3 Å². The number of benzene rings is 1. The molecule has 0 aromatic heterocycles. The maximum Gasteiger partial charge on any atom is 0.573 e. The van der Waals surface area contributed by atoms with Gasteiger partial charge in [0.1, 0.15) is 5.75 Å². The molecule has 1 N–H and O–H groups in total. The van der Waals surface area contributed by atoms with E-state index in [2.05, 4.69) is 10.1 Å². The lowest BCUT2D eigenvalue weighted by Gasteiger charge is -2.19. The van der Waals surface area contributed by atoms with E-state index in [4.69, 9.17) is 9.31 Å². The lowest BCUT2D eigenvalue weighted by atomic mass is 9.78. The van der Waals surface area contributed by atoms with E-state index in [1.54, 1.807) is 6.07 Å². The van der Waals surface area contributed by atoms with Gasteiger partial charge in [0.2, 0.25) is 0 Å². The highest BCUT2D eigenvalue weighted by atomic mass is 19.4. The Morgan fingerprint density at radius 1 is 1.16 bits per heavy atom. The van der Waals surface area contributed by atoms with Gasteiger partial charge in [-0.3, -0.25) is 0 Å². The normalized spacial score (nSPS) is 17.7. The third-order valence-electron chi connectivity index (χ3n) is 2.46. The van der Waals surface area contributed by atoms with Crippen molar-refractivity contribution in [1.29, 1.82) is 0 Å². The summed E-state index contributed by atoms with van der Waals surface area (Å²) in [5.41, 5.74) is 0.503. The van der Waals surface area contributed by atoms with Gasteiger partial charge >= 0.3 is 13.5 Å². The Morgan fingerprint density at radius 3 is 2.47 bits per heavy atom. The van der Waals surface area contributed by atoms with E-state index < -0.39 is 13.5 Å². The molecule has 1 fully saturated rings. The smallest absolute Gasteiger partial charge is 0.406 e. The number of nitrogens with one attached hydrogen (secondary N) is 1. The third-order valence-corrected chi connectivity index (χ3v) is 2.46. The van der Waals surface area contributed by atoms with E-state index in [-0.39, 0.29) is 5.75 Å². The van der Waals surface area contributed by atoms with E-state index in [9.17, 15) is 13.2 Å². The molecule has 1 aliphatic rings. The molecule has 8 heteroatoms. The predicted molar refractivity (Wildman–Crippen MR) is 63.3 cm³/mol. The zero-order valence-electron chi connectivity index (χ0n) is 10.1. The molecule has 1 heterocycles. The van der Waals surface area contributed by atoms with Crippen LogP contribution in [-0.4, -0.2) is 39.8 Å². The number of hydrogen-bond donors (Lipinski definition) is 1. The van der Waals surface area contributed by atoms with Crippen molar-refractivity contribution in [2.45, 2.75) is 6.36 Å². The van der Waals surface area contributed by atoms with Gasteiger partial charge in [0, 0.05) is 26.3 Å². The summed E-state index contributed by atoms with van der Waals surface area (Å²) in [5.74, 6) is -0.280. The minimum atomic E-state index is -4.70. The monoisotopic (exact) mass is 275 g/mol. The van der Waals surface area contributed by atoms with Gasteiger partial charge in [-0.1, -0.05) is 12.1 Å². The summed E-state index contributed by atoms with van der Waals surface area (Å²) in [7, 11) is -0.668. The highest BCUT2D eigenvalue weighted by molar-refractivity contribution is 6.61. The molecule has 104 valence electrons. The molecule has 0 atom stereocenters. The molecule has 0 unspecified atom stereocenters. The Balaban J connectivity index is 2.08. The highest BCUT2D eigenvalue weighted by Crippen LogP contribution is 2.21. The van der Waals surface area contributed by atoms with Crippen molar-refractivity contribution >= 4 is 12.6 Å². The molecule has 0 saturated carbocycles. The van der Waals surface area contributed by atoms with Crippen LogP contribution in [0.15, 0.2) is 24.3 Å². The first-order chi connectivity index (χ1) is 9.04. The number of halogens is 3. The standard InChI is InChI=1S/C11H13BF3NO3/c13-11(14,15)19-10-3-1-2-9(8-10)12-17-6-4-16-5-7-18-12/h1-3,8,16H,4-7H2. The SMILES string of the molecule is FC(F)(F)Oc1cccc(B2OCCNCCO2)c1. The van der Waals surface area contributed by atoms with Crippen LogP contribution in [-0.2, 0) is 9.31 Å². The van der Waals surface area contributed by atoms with Crippen LogP contribution >= 0.6 is 0 Å². The first kappa shape index (κ1) is 14.2. The van der Waals surface area contributed by atoms with E-state index in [0.717, 1.165) is 0 Å². The molecule has 19 heavy (non-hydrogen) atoms. The van der Waals surface area contributed by atoms with Crippen molar-refractivity contribution < 1.29 is 27.2 Å². The minimum Gasteiger partial charge on any atom is -0.406 e. The van der Waals surface area contributed by atoms with Crippen molar-refractivity contribution in [3.8, 4) is 5.75 Å². The second-order valence-electron chi connectivity index (χ2n) is 3.94. The van der Waals surface area contributed by atoms with Gasteiger partial charge in [0.15, 0.2) is 0 Å². The highest BCUT2D eigenvalue weighted by Gasteiger charge is 2.32. The molecule has 0 bridgehead atoms. The quantitative estimate of drug-likeness (QED) is 0.815. The van der Waals surface area contributed by atoms with Crippen molar-refractivity contribution in [2.24, 2.45) is 0 Å². The van der Waals surface area contributed by atoms with Crippen LogP contribution in [0.3, 0.4) is 0 Å². The molecular weight excluding hydrogens is 262 g/mol.